The van der Waals surface area contributed by atoms with Gasteiger partial charge in [0.05, 0.1) is 0 Å². The van der Waals surface area contributed by atoms with Gasteiger partial charge < -0.3 is 10.2 Å². The van der Waals surface area contributed by atoms with E-state index in [2.05, 4.69) is 62.9 Å². The third-order valence-corrected chi connectivity index (χ3v) is 5.51. The molecule has 0 saturated heterocycles. The van der Waals surface area contributed by atoms with Crippen molar-refractivity contribution in [2.24, 2.45) is 11.3 Å². The zero-order valence-electron chi connectivity index (χ0n) is 15.8. The van der Waals surface area contributed by atoms with Crippen LogP contribution in [-0.2, 0) is 4.79 Å². The Morgan fingerprint density at radius 1 is 1.20 bits per heavy atom. The lowest BCUT2D eigenvalue weighted by Crippen LogP contribution is -2.31. The molecule has 0 bridgehead atoms. The van der Waals surface area contributed by atoms with Crippen molar-refractivity contribution in [2.75, 3.05) is 32.5 Å². The largest absolute Gasteiger partial charge is 0.371 e. The van der Waals surface area contributed by atoms with Crippen molar-refractivity contribution in [3.8, 4) is 0 Å². The molecule has 0 aromatic heterocycles. The molecule has 0 heterocycles. The molecular formula is C17H33N2OPS4. The Morgan fingerprint density at radius 2 is 1.80 bits per heavy atom. The zero-order chi connectivity index (χ0) is 19.5. The van der Waals surface area contributed by atoms with Crippen molar-refractivity contribution in [3.05, 3.63) is 0 Å². The van der Waals surface area contributed by atoms with E-state index in [9.17, 15) is 4.79 Å². The lowest BCUT2D eigenvalue weighted by Gasteiger charge is -2.26. The number of rotatable bonds is 12. The number of nitrogens with zero attached hydrogens (tertiary/aromatic N) is 1. The summed E-state index contributed by atoms with van der Waals surface area (Å²) >= 11 is 18.4. The van der Waals surface area contributed by atoms with Crippen LogP contribution in [0, 0.1) is 11.3 Å². The van der Waals surface area contributed by atoms with Crippen molar-refractivity contribution < 1.29 is 4.79 Å². The number of carbonyl (C=O) groups is 1. The predicted octanol–water partition coefficient (Wildman–Crippen LogP) is 4.41. The maximum atomic E-state index is 12.6. The van der Waals surface area contributed by atoms with Crippen molar-refractivity contribution >= 4 is 72.7 Å². The maximum absolute atomic E-state index is 12.6. The first kappa shape index (κ1) is 25.6. The standard InChI is InChI=1S/C17H33N2OPS4/c1-17(2,3)11-13(12-21-4)14(20)7-5-9-19(16(24)25)10-6-8-18-15(22)23/h13,21H,5-12H2,1-4H3,(H,24,25)(H2,18,22,23). The van der Waals surface area contributed by atoms with E-state index in [0.717, 1.165) is 53.6 Å². The molecule has 0 aliphatic rings. The second kappa shape index (κ2) is 13.7. The predicted molar refractivity (Wildman–Crippen MR) is 128 cm³/mol. The Kier molecular flexibility index (Phi) is 14.0. The summed E-state index contributed by atoms with van der Waals surface area (Å²) in [5, 5.41) is 3.01. The fraction of sp³-hybridized carbons (Fsp3) is 0.824. The Balaban J connectivity index is 4.33. The van der Waals surface area contributed by atoms with Gasteiger partial charge in [0.2, 0.25) is 0 Å². The molecule has 0 fully saturated rings. The number of thiol groups is 2. The molecule has 25 heavy (non-hydrogen) atoms. The van der Waals surface area contributed by atoms with Crippen molar-refractivity contribution in [1.82, 2.24) is 10.2 Å². The molecule has 0 radical (unpaired) electrons. The highest BCUT2D eigenvalue weighted by Gasteiger charge is 2.23. The normalized spacial score (nSPS) is 13.0. The molecule has 1 N–H and O–H groups in total. The monoisotopic (exact) mass is 440 g/mol. The second-order valence-electron chi connectivity index (χ2n) is 7.44. The molecule has 146 valence electrons. The molecule has 0 aliphatic heterocycles. The highest BCUT2D eigenvalue weighted by atomic mass is 32.1. The van der Waals surface area contributed by atoms with E-state index >= 15 is 0 Å². The van der Waals surface area contributed by atoms with Gasteiger partial charge in [0.25, 0.3) is 0 Å². The molecule has 3 nitrogen and oxygen atoms in total. The van der Waals surface area contributed by atoms with Gasteiger partial charge in [-0.25, -0.2) is 0 Å². The van der Waals surface area contributed by atoms with Crippen LogP contribution in [0.15, 0.2) is 0 Å². The Hall–Kier alpha value is 0.580. The maximum Gasteiger partial charge on any atom is 0.136 e. The van der Waals surface area contributed by atoms with E-state index in [1.807, 2.05) is 0 Å². The van der Waals surface area contributed by atoms with E-state index in [1.54, 1.807) is 0 Å². The van der Waals surface area contributed by atoms with Gasteiger partial charge in [-0.05, 0) is 37.5 Å². The summed E-state index contributed by atoms with van der Waals surface area (Å²) in [6, 6.07) is 0. The van der Waals surface area contributed by atoms with Crippen LogP contribution < -0.4 is 5.32 Å². The fourth-order valence-electron chi connectivity index (χ4n) is 2.70. The summed E-state index contributed by atoms with van der Waals surface area (Å²) in [5.74, 6) is 0.594. The second-order valence-corrected chi connectivity index (χ2v) is 10.8. The van der Waals surface area contributed by atoms with Crippen LogP contribution in [0.1, 0.15) is 46.5 Å². The molecule has 0 saturated carbocycles. The van der Waals surface area contributed by atoms with Crippen molar-refractivity contribution in [1.29, 1.82) is 0 Å². The zero-order valence-corrected chi connectivity index (χ0v) is 20.2. The summed E-state index contributed by atoms with van der Waals surface area (Å²) in [4.78, 5) is 14.6. The first-order valence-corrected chi connectivity index (χ1v) is 12.1. The number of nitrogens with one attached hydrogen (secondary N) is 1. The van der Waals surface area contributed by atoms with Gasteiger partial charge in [-0.15, -0.1) is 33.8 Å². The molecule has 0 aliphatic carbocycles. The molecule has 2 unspecified atom stereocenters. The lowest BCUT2D eigenvalue weighted by molar-refractivity contribution is -0.123. The van der Waals surface area contributed by atoms with Crippen molar-refractivity contribution in [2.45, 2.75) is 46.5 Å². The van der Waals surface area contributed by atoms with Gasteiger partial charge in [0.15, 0.2) is 0 Å². The highest BCUT2D eigenvalue weighted by Crippen LogP contribution is 2.29. The quantitative estimate of drug-likeness (QED) is 0.181. The molecule has 0 aromatic carbocycles. The number of Topliss-reactive ketones (excluding diaryl/α,β-unsaturated/α-hetero) is 1. The third-order valence-electron chi connectivity index (χ3n) is 3.77. The average Bonchev–Trinajstić information content (AvgIpc) is 2.47. The summed E-state index contributed by atoms with van der Waals surface area (Å²) in [6.07, 6.45) is 4.33. The Bertz CT molecular complexity index is 441. The smallest absolute Gasteiger partial charge is 0.136 e. The fourth-order valence-corrected chi connectivity index (χ4v) is 4.16. The van der Waals surface area contributed by atoms with Gasteiger partial charge in [-0.3, -0.25) is 4.79 Å². The summed E-state index contributed by atoms with van der Waals surface area (Å²) in [7, 11) is 0.823. The number of hydrogen-bond donors (Lipinski definition) is 3. The van der Waals surface area contributed by atoms with Gasteiger partial charge in [-0.1, -0.05) is 45.2 Å². The first-order valence-electron chi connectivity index (χ1n) is 8.69. The molecule has 0 aromatic rings. The highest BCUT2D eigenvalue weighted by molar-refractivity contribution is 8.11. The van der Waals surface area contributed by atoms with E-state index in [0.29, 0.717) is 20.8 Å². The third kappa shape index (κ3) is 14.3. The Morgan fingerprint density at radius 3 is 2.28 bits per heavy atom. The van der Waals surface area contributed by atoms with Crippen LogP contribution in [0.3, 0.4) is 0 Å². The van der Waals surface area contributed by atoms with Gasteiger partial charge in [0.1, 0.15) is 14.4 Å². The van der Waals surface area contributed by atoms with E-state index in [1.165, 1.54) is 0 Å². The number of ketones is 1. The van der Waals surface area contributed by atoms with Gasteiger partial charge in [0, 0.05) is 32.0 Å². The molecule has 0 rings (SSSR count). The first-order chi connectivity index (χ1) is 11.6. The topological polar surface area (TPSA) is 32.3 Å². The number of thiocarbonyl (C=S) groups is 2. The minimum absolute atomic E-state index is 0.194. The van der Waals surface area contributed by atoms with Crippen LogP contribution >= 0.6 is 58.3 Å². The van der Waals surface area contributed by atoms with Crippen LogP contribution in [0.25, 0.3) is 0 Å². The number of carbonyl (C=O) groups excluding carboxylic acids is 1. The molecule has 0 spiro atoms. The van der Waals surface area contributed by atoms with Crippen LogP contribution in [0.4, 0.5) is 0 Å². The van der Waals surface area contributed by atoms with Crippen molar-refractivity contribution in [3.63, 3.8) is 0 Å². The lowest BCUT2D eigenvalue weighted by atomic mass is 9.83. The summed E-state index contributed by atoms with van der Waals surface area (Å²) in [6.45, 7) is 11.1. The van der Waals surface area contributed by atoms with Gasteiger partial charge in [-0.2, -0.15) is 0 Å². The summed E-state index contributed by atoms with van der Waals surface area (Å²) < 4.78 is 1.09. The van der Waals surface area contributed by atoms with E-state index < -0.39 is 0 Å². The molecule has 8 heteroatoms. The minimum atomic E-state index is 0.194. The molecule has 2 atom stereocenters. The molecular weight excluding hydrogens is 407 g/mol. The summed E-state index contributed by atoms with van der Waals surface area (Å²) in [5.41, 5.74) is 0.194. The minimum Gasteiger partial charge on any atom is -0.371 e. The van der Waals surface area contributed by atoms with Crippen LogP contribution in [0.2, 0.25) is 0 Å². The van der Waals surface area contributed by atoms with E-state index in [-0.39, 0.29) is 11.3 Å². The van der Waals surface area contributed by atoms with Crippen LogP contribution in [0.5, 0.6) is 0 Å². The SMILES string of the molecule is CPCC(CC(C)(C)C)C(=O)CCCN(CCCNC(=S)S)C(=S)S. The molecule has 0 amide bonds. The van der Waals surface area contributed by atoms with Crippen LogP contribution in [-0.4, -0.2) is 51.8 Å². The number of hydrogen-bond acceptors (Lipinski definition) is 3. The van der Waals surface area contributed by atoms with Gasteiger partial charge >= 0.3 is 0 Å². The Labute approximate surface area is 177 Å². The average molecular weight is 441 g/mol. The van der Waals surface area contributed by atoms with E-state index in [4.69, 9.17) is 24.4 Å².